The van der Waals surface area contributed by atoms with Crippen LogP contribution in [0.3, 0.4) is 0 Å². The Labute approximate surface area is 116 Å². The highest BCUT2D eigenvalue weighted by Crippen LogP contribution is 2.36. The molecule has 6 nitrogen and oxygen atoms in total. The van der Waals surface area contributed by atoms with E-state index in [0.717, 1.165) is 0 Å². The Morgan fingerprint density at radius 3 is 2.10 bits per heavy atom. The maximum absolute atomic E-state index is 11.6. The van der Waals surface area contributed by atoms with Crippen molar-refractivity contribution in [2.24, 2.45) is 5.16 Å². The summed E-state index contributed by atoms with van der Waals surface area (Å²) in [6, 6.07) is 3.42. The van der Waals surface area contributed by atoms with Gasteiger partial charge in [0, 0.05) is 12.1 Å². The van der Waals surface area contributed by atoms with Gasteiger partial charge in [0.1, 0.15) is 17.2 Å². The normalized spacial score (nSPS) is 15.9. The van der Waals surface area contributed by atoms with Gasteiger partial charge < -0.3 is 19.0 Å². The van der Waals surface area contributed by atoms with Gasteiger partial charge in [-0.2, -0.15) is 0 Å². The zero-order valence-corrected chi connectivity index (χ0v) is 11.7. The van der Waals surface area contributed by atoms with Crippen LogP contribution in [-0.4, -0.2) is 33.0 Å². The van der Waals surface area contributed by atoms with Crippen molar-refractivity contribution in [3.05, 3.63) is 23.3 Å². The molecule has 1 aromatic carbocycles. The molecule has 0 radical (unpaired) electrons. The van der Waals surface area contributed by atoms with Gasteiger partial charge in [0.05, 0.1) is 38.2 Å². The Morgan fingerprint density at radius 2 is 1.70 bits per heavy atom. The standard InChI is InChI=1S/C14H15NO5/c1-8-10(14(16)20-15-8)7-11-12(18-3)5-9(17-2)6-13(11)19-4/h5-7H,1-4H3/b10-7+. The van der Waals surface area contributed by atoms with Crippen LogP contribution < -0.4 is 14.2 Å². The number of nitrogens with zero attached hydrogens (tertiary/aromatic N) is 1. The van der Waals surface area contributed by atoms with Crippen LogP contribution in [0.4, 0.5) is 0 Å². The van der Waals surface area contributed by atoms with Crippen LogP contribution in [0.2, 0.25) is 0 Å². The van der Waals surface area contributed by atoms with Gasteiger partial charge in [-0.3, -0.25) is 0 Å². The highest BCUT2D eigenvalue weighted by Gasteiger charge is 2.23. The van der Waals surface area contributed by atoms with Gasteiger partial charge >= 0.3 is 5.97 Å². The van der Waals surface area contributed by atoms with Crippen LogP contribution in [-0.2, 0) is 9.63 Å². The molecule has 0 N–H and O–H groups in total. The number of rotatable bonds is 4. The highest BCUT2D eigenvalue weighted by atomic mass is 16.7. The summed E-state index contributed by atoms with van der Waals surface area (Å²) in [5, 5.41) is 3.63. The van der Waals surface area contributed by atoms with Crippen LogP contribution in [0, 0.1) is 0 Å². The Morgan fingerprint density at radius 1 is 1.10 bits per heavy atom. The summed E-state index contributed by atoms with van der Waals surface area (Å²) in [5.41, 5.74) is 1.50. The lowest BCUT2D eigenvalue weighted by Gasteiger charge is -2.12. The van der Waals surface area contributed by atoms with E-state index in [9.17, 15) is 4.79 Å². The molecule has 0 saturated carbocycles. The summed E-state index contributed by atoms with van der Waals surface area (Å²) in [5.74, 6) is 1.16. The van der Waals surface area contributed by atoms with Crippen molar-refractivity contribution in [2.75, 3.05) is 21.3 Å². The minimum Gasteiger partial charge on any atom is -0.496 e. The molecule has 1 aliphatic heterocycles. The van der Waals surface area contributed by atoms with Crippen molar-refractivity contribution >= 4 is 17.8 Å². The first-order valence-electron chi connectivity index (χ1n) is 5.88. The number of oxime groups is 1. The number of benzene rings is 1. The second kappa shape index (κ2) is 5.64. The Balaban J connectivity index is 2.58. The van der Waals surface area contributed by atoms with Crippen LogP contribution in [0.25, 0.3) is 6.08 Å². The third kappa shape index (κ3) is 2.45. The summed E-state index contributed by atoms with van der Waals surface area (Å²) < 4.78 is 15.8. The number of methoxy groups -OCH3 is 3. The molecule has 1 heterocycles. The topological polar surface area (TPSA) is 66.4 Å². The lowest BCUT2D eigenvalue weighted by atomic mass is 10.1. The van der Waals surface area contributed by atoms with E-state index < -0.39 is 5.97 Å². The van der Waals surface area contributed by atoms with Gasteiger partial charge in [0.15, 0.2) is 0 Å². The first-order chi connectivity index (χ1) is 9.60. The SMILES string of the molecule is COc1cc(OC)c(/C=C2/C(=O)ON=C2C)c(OC)c1. The predicted octanol–water partition coefficient (Wildman–Crippen LogP) is 2.03. The molecule has 6 heteroatoms. The summed E-state index contributed by atoms with van der Waals surface area (Å²) in [6.45, 7) is 1.69. The van der Waals surface area contributed by atoms with Gasteiger partial charge in [-0.25, -0.2) is 4.79 Å². The van der Waals surface area contributed by atoms with Gasteiger partial charge in [-0.1, -0.05) is 5.16 Å². The van der Waals surface area contributed by atoms with E-state index >= 15 is 0 Å². The van der Waals surface area contributed by atoms with E-state index in [-0.39, 0.29) is 0 Å². The number of carbonyl (C=O) groups excluding carboxylic acids is 1. The van der Waals surface area contributed by atoms with Gasteiger partial charge in [-0.05, 0) is 13.0 Å². The van der Waals surface area contributed by atoms with Gasteiger partial charge in [-0.15, -0.1) is 0 Å². The first kappa shape index (κ1) is 13.9. The Hall–Kier alpha value is -2.50. The molecule has 0 atom stereocenters. The highest BCUT2D eigenvalue weighted by molar-refractivity contribution is 6.24. The first-order valence-corrected chi connectivity index (χ1v) is 5.88. The van der Waals surface area contributed by atoms with Crippen LogP contribution in [0.1, 0.15) is 12.5 Å². The summed E-state index contributed by atoms with van der Waals surface area (Å²) >= 11 is 0. The minimum absolute atomic E-state index is 0.367. The Bertz CT molecular complexity index is 579. The van der Waals surface area contributed by atoms with Crippen LogP contribution >= 0.6 is 0 Å². The Kier molecular flexibility index (Phi) is 3.93. The third-order valence-corrected chi connectivity index (χ3v) is 2.92. The number of hydrogen-bond acceptors (Lipinski definition) is 6. The van der Waals surface area contributed by atoms with Crippen molar-refractivity contribution in [1.29, 1.82) is 0 Å². The van der Waals surface area contributed by atoms with Crippen LogP contribution in [0.15, 0.2) is 22.9 Å². The van der Waals surface area contributed by atoms with Crippen LogP contribution in [0.5, 0.6) is 17.2 Å². The molecule has 0 saturated heterocycles. The van der Waals surface area contributed by atoms with E-state index in [2.05, 4.69) is 9.99 Å². The van der Waals surface area contributed by atoms with Crippen molar-refractivity contribution in [3.63, 3.8) is 0 Å². The second-order valence-corrected chi connectivity index (χ2v) is 4.06. The van der Waals surface area contributed by atoms with E-state index in [1.54, 1.807) is 32.2 Å². The fourth-order valence-corrected chi connectivity index (χ4v) is 1.84. The van der Waals surface area contributed by atoms with Crippen molar-refractivity contribution < 1.29 is 23.8 Å². The molecule has 0 spiro atoms. The fraction of sp³-hybridized carbons (Fsp3) is 0.286. The zero-order valence-electron chi connectivity index (χ0n) is 11.7. The summed E-state index contributed by atoms with van der Waals surface area (Å²) in [6.07, 6.45) is 1.63. The number of ether oxygens (including phenoxy) is 3. The maximum atomic E-state index is 11.6. The lowest BCUT2D eigenvalue weighted by Crippen LogP contribution is -2.03. The monoisotopic (exact) mass is 277 g/mol. The molecule has 0 bridgehead atoms. The van der Waals surface area contributed by atoms with E-state index in [4.69, 9.17) is 14.2 Å². The van der Waals surface area contributed by atoms with Gasteiger partial charge in [0.2, 0.25) is 0 Å². The smallest absolute Gasteiger partial charge is 0.367 e. The quantitative estimate of drug-likeness (QED) is 0.622. The average Bonchev–Trinajstić information content (AvgIpc) is 2.78. The predicted molar refractivity (Wildman–Crippen MR) is 73.3 cm³/mol. The molecule has 0 aromatic heterocycles. The molecular formula is C14H15NO5. The molecule has 0 unspecified atom stereocenters. The molecule has 0 amide bonds. The van der Waals surface area contributed by atoms with Gasteiger partial charge in [0.25, 0.3) is 0 Å². The number of carbonyl (C=O) groups is 1. The van der Waals surface area contributed by atoms with E-state index in [1.807, 2.05) is 0 Å². The lowest BCUT2D eigenvalue weighted by molar-refractivity contribution is -0.136. The molecule has 0 aliphatic carbocycles. The van der Waals surface area contributed by atoms with E-state index in [0.29, 0.717) is 34.1 Å². The number of hydrogen-bond donors (Lipinski definition) is 0. The van der Waals surface area contributed by atoms with Crippen molar-refractivity contribution in [3.8, 4) is 17.2 Å². The zero-order chi connectivity index (χ0) is 14.7. The third-order valence-electron chi connectivity index (χ3n) is 2.92. The molecule has 0 fully saturated rings. The molecule has 106 valence electrons. The average molecular weight is 277 g/mol. The minimum atomic E-state index is -0.498. The molecule has 1 aliphatic rings. The summed E-state index contributed by atoms with van der Waals surface area (Å²) in [7, 11) is 4.62. The van der Waals surface area contributed by atoms with Crippen molar-refractivity contribution in [1.82, 2.24) is 0 Å². The molecule has 20 heavy (non-hydrogen) atoms. The van der Waals surface area contributed by atoms with Crippen molar-refractivity contribution in [2.45, 2.75) is 6.92 Å². The largest absolute Gasteiger partial charge is 0.496 e. The second-order valence-electron chi connectivity index (χ2n) is 4.06. The fourth-order valence-electron chi connectivity index (χ4n) is 1.84. The molecular weight excluding hydrogens is 262 g/mol. The molecule has 2 rings (SSSR count). The summed E-state index contributed by atoms with van der Waals surface area (Å²) in [4.78, 5) is 16.2. The maximum Gasteiger partial charge on any atom is 0.367 e. The molecule has 1 aromatic rings. The van der Waals surface area contributed by atoms with E-state index in [1.165, 1.54) is 14.2 Å².